The number of ether oxygens (including phenoxy) is 2. The summed E-state index contributed by atoms with van der Waals surface area (Å²) in [5.74, 6) is 0. The predicted octanol–water partition coefficient (Wildman–Crippen LogP) is -9.40. The van der Waals surface area contributed by atoms with E-state index >= 15 is 0 Å². The molecule has 0 spiro atoms. The van der Waals surface area contributed by atoms with Gasteiger partial charge in [0.25, 0.3) is 5.56 Å². The second-order valence-electron chi connectivity index (χ2n) is 7.55. The Morgan fingerprint density at radius 1 is 0.925 bits per heavy atom. The Hall–Kier alpha value is -1.15. The first-order chi connectivity index (χ1) is 17.8. The van der Waals surface area contributed by atoms with Crippen molar-refractivity contribution in [2.45, 2.75) is 59.2 Å². The third-order valence-electron chi connectivity index (χ3n) is 4.64. The van der Waals surface area contributed by atoms with Crippen LogP contribution in [0.1, 0.15) is 39.5 Å². The number of phosphoric acid groups is 3. The second-order valence-corrected chi connectivity index (χ2v) is 10.2. The van der Waals surface area contributed by atoms with Gasteiger partial charge in [-0.1, -0.05) is 0 Å². The number of aliphatic hydroxyl groups excluding tert-OH is 1. The van der Waals surface area contributed by atoms with Crippen molar-refractivity contribution in [3.8, 4) is 0 Å². The highest BCUT2D eigenvalue weighted by Crippen LogP contribution is 2.29. The van der Waals surface area contributed by atoms with E-state index in [0.29, 0.717) is 5.56 Å². The molecule has 23 heteroatoms. The molecular weight excluding hydrogens is 611 g/mol. The van der Waals surface area contributed by atoms with E-state index in [1.54, 1.807) is 18.7 Å². The topological polar surface area (TPSA) is 357 Å². The van der Waals surface area contributed by atoms with Gasteiger partial charge in [0, 0.05) is 18.9 Å². The number of H-pyrrole nitrogens is 1. The van der Waals surface area contributed by atoms with Crippen LogP contribution in [0.15, 0.2) is 15.8 Å². The van der Waals surface area contributed by atoms with E-state index in [0.717, 1.165) is 0 Å². The number of aromatic amines is 1. The summed E-state index contributed by atoms with van der Waals surface area (Å²) in [5.41, 5.74) is -0.627. The molecule has 240 valence electrons. The molecule has 1 aliphatic heterocycles. The molecular formula is C17H32N3O17P3-8. The maximum Gasteiger partial charge on any atom is 0.330 e. The molecule has 0 aliphatic carbocycles. The van der Waals surface area contributed by atoms with E-state index in [2.05, 4.69) is 25.8 Å². The van der Waals surface area contributed by atoms with Crippen LogP contribution in [0.4, 0.5) is 0 Å². The molecule has 3 N–H and O–H groups in total. The standard InChI is InChI=1S/C11H16N2O5.C6H15N.3H3O4P/c1-5-4-13(11(16)12-9(5)15)10-8(17-3)7(14)6(2)18-10;1-4-7(5-2)6-3;3*1-5(2,3)4/h4,6-8,10,14H,1-3H3,(H,12,15,16);4-6H2,1-3H3;3*(H3,1,2,3,4)/p-8. The van der Waals surface area contributed by atoms with Crippen molar-refractivity contribution in [2.75, 3.05) is 26.7 Å². The highest BCUT2D eigenvalue weighted by molar-refractivity contribution is 7.40. The van der Waals surface area contributed by atoms with E-state index in [-0.39, 0.29) is 0 Å². The Balaban J connectivity index is -0.000000514. The maximum absolute atomic E-state index is 11.7. The fourth-order valence-corrected chi connectivity index (χ4v) is 2.82. The summed E-state index contributed by atoms with van der Waals surface area (Å²) >= 11 is 0. The van der Waals surface area contributed by atoms with Gasteiger partial charge in [0.1, 0.15) is 12.2 Å². The SMILES string of the molecule is CC[NH+](CC)CC.COC1C(O)C(C)OC1n1cc(C)c(=O)[nH]c1=O.O=P([O-])([O-])[O-].O=P([O-])([O-])[O-].O=P([O-])([O-])[O-]. The van der Waals surface area contributed by atoms with Gasteiger partial charge in [-0.15, -0.1) is 0 Å². The lowest BCUT2D eigenvalue weighted by molar-refractivity contribution is -0.894. The molecule has 1 aromatic rings. The summed E-state index contributed by atoms with van der Waals surface area (Å²) in [7, 11) is -14.7. The largest absolute Gasteiger partial charge is 0.822 e. The van der Waals surface area contributed by atoms with Gasteiger partial charge in [-0.05, 0) is 34.6 Å². The van der Waals surface area contributed by atoms with Gasteiger partial charge in [0.05, 0.1) is 25.7 Å². The molecule has 2 heterocycles. The van der Waals surface area contributed by atoms with Crippen molar-refractivity contribution >= 4 is 23.5 Å². The molecule has 4 unspecified atom stereocenters. The number of nitrogens with one attached hydrogen (secondary N) is 2. The van der Waals surface area contributed by atoms with Crippen LogP contribution in [0, 0.1) is 6.92 Å². The lowest BCUT2D eigenvalue weighted by Crippen LogP contribution is -3.11. The zero-order chi connectivity index (χ0) is 32.6. The molecule has 1 aromatic heterocycles. The normalized spacial score (nSPS) is 20.5. The minimum atomic E-state index is -5.39. The lowest BCUT2D eigenvalue weighted by Gasteiger charge is -2.36. The van der Waals surface area contributed by atoms with Crippen LogP contribution in [0.5, 0.6) is 0 Å². The summed E-state index contributed by atoms with van der Waals surface area (Å²) in [6, 6.07) is 0. The fourth-order valence-electron chi connectivity index (χ4n) is 2.82. The number of hydrogen-bond donors (Lipinski definition) is 3. The lowest BCUT2D eigenvalue weighted by atomic mass is 10.1. The van der Waals surface area contributed by atoms with Crippen molar-refractivity contribution in [2.24, 2.45) is 0 Å². The van der Waals surface area contributed by atoms with Crippen molar-refractivity contribution in [3.05, 3.63) is 32.6 Å². The number of aryl methyl sites for hydroxylation is 1. The summed E-state index contributed by atoms with van der Waals surface area (Å²) in [4.78, 5) is 104. The molecule has 1 fully saturated rings. The minimum Gasteiger partial charge on any atom is -0.822 e. The van der Waals surface area contributed by atoms with Gasteiger partial charge < -0.3 is 77.2 Å². The molecule has 0 bridgehead atoms. The highest BCUT2D eigenvalue weighted by Gasteiger charge is 2.43. The van der Waals surface area contributed by atoms with E-state index in [4.69, 9.17) is 67.2 Å². The number of aliphatic hydroxyl groups is 1. The van der Waals surface area contributed by atoms with E-state index in [1.807, 2.05) is 0 Å². The zero-order valence-corrected chi connectivity index (χ0v) is 25.0. The third-order valence-corrected chi connectivity index (χ3v) is 4.64. The quantitative estimate of drug-likeness (QED) is 0.251. The molecule has 2 rings (SSSR count). The number of nitrogens with zero attached hydrogens (tertiary/aromatic N) is 1. The molecule has 0 amide bonds. The Morgan fingerprint density at radius 2 is 1.27 bits per heavy atom. The van der Waals surface area contributed by atoms with Crippen LogP contribution < -0.4 is 60.2 Å². The molecule has 20 nitrogen and oxygen atoms in total. The van der Waals surface area contributed by atoms with E-state index < -0.39 is 59.3 Å². The minimum absolute atomic E-state index is 0.391. The van der Waals surface area contributed by atoms with Gasteiger partial charge in [0.15, 0.2) is 6.23 Å². The first-order valence-electron chi connectivity index (χ1n) is 11.0. The molecule has 4 atom stereocenters. The first-order valence-corrected chi connectivity index (χ1v) is 15.4. The predicted molar refractivity (Wildman–Crippen MR) is 118 cm³/mol. The number of aromatic nitrogens is 2. The third kappa shape index (κ3) is 25.8. The summed E-state index contributed by atoms with van der Waals surface area (Å²) in [5, 5.41) is 9.87. The van der Waals surface area contributed by atoms with Gasteiger partial charge in [-0.2, -0.15) is 23.5 Å². The van der Waals surface area contributed by atoms with Gasteiger partial charge >= 0.3 is 5.69 Å². The Kier molecular flexibility index (Phi) is 21.5. The number of quaternary nitrogens is 1. The smallest absolute Gasteiger partial charge is 0.330 e. The molecule has 1 aliphatic rings. The Labute approximate surface area is 229 Å². The van der Waals surface area contributed by atoms with E-state index in [1.165, 1.54) is 37.5 Å². The summed E-state index contributed by atoms with van der Waals surface area (Å²) < 4.78 is 37.5. The van der Waals surface area contributed by atoms with Gasteiger partial charge in [-0.25, -0.2) is 4.79 Å². The van der Waals surface area contributed by atoms with Crippen molar-refractivity contribution in [1.29, 1.82) is 0 Å². The van der Waals surface area contributed by atoms with Crippen LogP contribution in [-0.4, -0.2) is 59.7 Å². The first kappa shape index (κ1) is 43.3. The molecule has 0 aromatic carbocycles. The Morgan fingerprint density at radius 3 is 1.55 bits per heavy atom. The van der Waals surface area contributed by atoms with Crippen LogP contribution >= 0.6 is 23.5 Å². The molecule has 40 heavy (non-hydrogen) atoms. The van der Waals surface area contributed by atoms with Crippen molar-refractivity contribution in [1.82, 2.24) is 9.55 Å². The maximum atomic E-state index is 11.7. The number of rotatable bonds is 5. The zero-order valence-electron chi connectivity index (χ0n) is 22.3. The van der Waals surface area contributed by atoms with Crippen LogP contribution in [-0.2, 0) is 23.2 Å². The number of methoxy groups -OCH3 is 1. The Bertz CT molecular complexity index is 1010. The second kappa shape index (κ2) is 19.9. The van der Waals surface area contributed by atoms with E-state index in [9.17, 15) is 14.7 Å². The average Bonchev–Trinajstić information content (AvgIpc) is 3.02. The van der Waals surface area contributed by atoms with Gasteiger partial charge in [-0.3, -0.25) is 14.3 Å². The van der Waals surface area contributed by atoms with Crippen LogP contribution in [0.3, 0.4) is 0 Å². The number of hydrogen-bond acceptors (Lipinski definition) is 17. The highest BCUT2D eigenvalue weighted by atomic mass is 31.2. The summed E-state index contributed by atoms with van der Waals surface area (Å²) in [6.07, 6.45) is -1.26. The van der Waals surface area contributed by atoms with Crippen LogP contribution in [0.25, 0.3) is 0 Å². The molecule has 1 saturated heterocycles. The average molecular weight is 643 g/mol. The monoisotopic (exact) mass is 643 g/mol. The molecule has 0 saturated carbocycles. The van der Waals surface area contributed by atoms with Crippen molar-refractivity contribution in [3.63, 3.8) is 0 Å². The van der Waals surface area contributed by atoms with Crippen molar-refractivity contribution < 1.29 is 77.2 Å². The molecule has 0 radical (unpaired) electrons. The fraction of sp³-hybridized carbons (Fsp3) is 0.765. The summed E-state index contributed by atoms with van der Waals surface area (Å²) in [6.45, 7) is 13.8. The van der Waals surface area contributed by atoms with Gasteiger partial charge in [0.2, 0.25) is 0 Å². The van der Waals surface area contributed by atoms with Crippen LogP contribution in [0.2, 0.25) is 0 Å².